The van der Waals surface area contributed by atoms with Crippen LogP contribution in [0.2, 0.25) is 0 Å². The number of benzene rings is 1. The lowest BCUT2D eigenvalue weighted by molar-refractivity contribution is -0.124. The van der Waals surface area contributed by atoms with Crippen LogP contribution < -0.4 is 20.1 Å². The Balaban J connectivity index is 1.51. The highest BCUT2D eigenvalue weighted by Crippen LogP contribution is 2.29. The number of rotatable bonds is 7. The molecule has 130 valence electrons. The van der Waals surface area contributed by atoms with Gasteiger partial charge >= 0.3 is 0 Å². The van der Waals surface area contributed by atoms with Gasteiger partial charge in [0.2, 0.25) is 0 Å². The molecule has 2 N–H and O–H groups in total. The van der Waals surface area contributed by atoms with Gasteiger partial charge in [-0.05, 0) is 49.8 Å². The van der Waals surface area contributed by atoms with Crippen molar-refractivity contribution in [2.75, 3.05) is 13.7 Å². The van der Waals surface area contributed by atoms with Gasteiger partial charge in [-0.15, -0.1) is 6.58 Å². The summed E-state index contributed by atoms with van der Waals surface area (Å²) < 4.78 is 11.0. The van der Waals surface area contributed by atoms with Crippen LogP contribution in [0.15, 0.2) is 30.9 Å². The van der Waals surface area contributed by atoms with Gasteiger partial charge in [-0.1, -0.05) is 12.1 Å². The summed E-state index contributed by atoms with van der Waals surface area (Å²) in [5.41, 5.74) is 1.10. The van der Waals surface area contributed by atoms with E-state index in [-0.39, 0.29) is 18.6 Å². The maximum Gasteiger partial charge on any atom is 0.258 e. The number of fused-ring (bicyclic) bond motifs is 2. The van der Waals surface area contributed by atoms with Gasteiger partial charge in [-0.2, -0.15) is 0 Å². The molecule has 5 heteroatoms. The molecule has 0 radical (unpaired) electrons. The minimum absolute atomic E-state index is 0.0103. The third-order valence-electron chi connectivity index (χ3n) is 4.81. The van der Waals surface area contributed by atoms with Crippen LogP contribution in [0.4, 0.5) is 0 Å². The second-order valence-electron chi connectivity index (χ2n) is 6.64. The van der Waals surface area contributed by atoms with Crippen molar-refractivity contribution in [1.82, 2.24) is 10.6 Å². The number of hydrogen-bond donors (Lipinski definition) is 2. The van der Waals surface area contributed by atoms with Crippen LogP contribution in [0.3, 0.4) is 0 Å². The molecule has 2 bridgehead atoms. The topological polar surface area (TPSA) is 59.6 Å². The first-order valence-corrected chi connectivity index (χ1v) is 8.64. The van der Waals surface area contributed by atoms with Crippen molar-refractivity contribution in [3.63, 3.8) is 0 Å². The highest BCUT2D eigenvalue weighted by Gasteiger charge is 2.33. The van der Waals surface area contributed by atoms with Gasteiger partial charge in [-0.25, -0.2) is 0 Å². The van der Waals surface area contributed by atoms with E-state index in [1.165, 1.54) is 12.8 Å². The molecule has 2 aliphatic rings. The van der Waals surface area contributed by atoms with Crippen molar-refractivity contribution in [3.8, 4) is 11.5 Å². The maximum absolute atomic E-state index is 12.2. The zero-order valence-corrected chi connectivity index (χ0v) is 14.2. The van der Waals surface area contributed by atoms with Gasteiger partial charge in [-0.3, -0.25) is 4.79 Å². The number of ether oxygens (including phenoxy) is 2. The smallest absolute Gasteiger partial charge is 0.258 e. The number of nitrogens with one attached hydrogen (secondary N) is 2. The predicted molar refractivity (Wildman–Crippen MR) is 93.5 cm³/mol. The minimum Gasteiger partial charge on any atom is -0.493 e. The van der Waals surface area contributed by atoms with Crippen molar-refractivity contribution in [2.24, 2.45) is 0 Å². The zero-order chi connectivity index (χ0) is 16.9. The molecule has 0 aliphatic carbocycles. The molecule has 2 unspecified atom stereocenters. The molecular formula is C19H26N2O3. The van der Waals surface area contributed by atoms with Crippen LogP contribution >= 0.6 is 0 Å². The number of methoxy groups -OCH3 is 1. The lowest BCUT2D eigenvalue weighted by Gasteiger charge is -2.29. The Hall–Kier alpha value is -2.01. The summed E-state index contributed by atoms with van der Waals surface area (Å²) in [6, 6.07) is 7.11. The molecule has 0 aromatic heterocycles. The number of hydrogen-bond acceptors (Lipinski definition) is 4. The van der Waals surface area contributed by atoms with Crippen molar-refractivity contribution >= 4 is 5.91 Å². The first-order chi connectivity index (χ1) is 11.7. The molecule has 2 atom stereocenters. The van der Waals surface area contributed by atoms with Crippen LogP contribution in [0.5, 0.6) is 11.5 Å². The average molecular weight is 330 g/mol. The molecule has 2 saturated heterocycles. The van der Waals surface area contributed by atoms with E-state index in [2.05, 4.69) is 17.2 Å². The summed E-state index contributed by atoms with van der Waals surface area (Å²) in [6.45, 7) is 3.74. The van der Waals surface area contributed by atoms with Crippen LogP contribution in [0.1, 0.15) is 31.2 Å². The number of piperidine rings is 1. The van der Waals surface area contributed by atoms with Crippen LogP contribution in [0.25, 0.3) is 0 Å². The van der Waals surface area contributed by atoms with Crippen LogP contribution in [0, 0.1) is 0 Å². The SMILES string of the molecule is C=CCc1ccc(OCC(=O)NC2CC3CCC(C2)N3)c(OC)c1. The molecule has 0 saturated carbocycles. The molecule has 0 spiro atoms. The molecule has 1 aromatic rings. The minimum atomic E-state index is -0.0708. The summed E-state index contributed by atoms with van der Waals surface area (Å²) in [6.07, 6.45) is 7.09. The Labute approximate surface area is 143 Å². The molecule has 2 fully saturated rings. The first kappa shape index (κ1) is 16.8. The Morgan fingerprint density at radius 2 is 2.08 bits per heavy atom. The maximum atomic E-state index is 12.2. The predicted octanol–water partition coefficient (Wildman–Crippen LogP) is 2.20. The normalized spacial score (nSPS) is 25.1. The summed E-state index contributed by atoms with van der Waals surface area (Å²) in [5, 5.41) is 6.68. The van der Waals surface area contributed by atoms with E-state index < -0.39 is 0 Å². The third-order valence-corrected chi connectivity index (χ3v) is 4.81. The van der Waals surface area contributed by atoms with E-state index in [0.717, 1.165) is 24.8 Å². The molecule has 2 aliphatic heterocycles. The highest BCUT2D eigenvalue weighted by molar-refractivity contribution is 5.78. The fourth-order valence-electron chi connectivity index (χ4n) is 3.71. The van der Waals surface area contributed by atoms with E-state index in [9.17, 15) is 4.79 Å². The Kier molecular flexibility index (Phi) is 5.41. The molecule has 3 rings (SSSR count). The zero-order valence-electron chi connectivity index (χ0n) is 14.2. The second-order valence-corrected chi connectivity index (χ2v) is 6.64. The monoisotopic (exact) mass is 330 g/mol. The Bertz CT molecular complexity index is 590. The third kappa shape index (κ3) is 4.09. The Morgan fingerprint density at radius 1 is 1.33 bits per heavy atom. The summed E-state index contributed by atoms with van der Waals surface area (Å²) in [7, 11) is 1.60. The molecule has 1 amide bonds. The van der Waals surface area contributed by atoms with E-state index >= 15 is 0 Å². The van der Waals surface area contributed by atoms with E-state index in [4.69, 9.17) is 9.47 Å². The van der Waals surface area contributed by atoms with Gasteiger partial charge in [0.25, 0.3) is 5.91 Å². The van der Waals surface area contributed by atoms with Gasteiger partial charge < -0.3 is 20.1 Å². The van der Waals surface area contributed by atoms with Crippen LogP contribution in [-0.4, -0.2) is 37.7 Å². The Morgan fingerprint density at radius 3 is 2.75 bits per heavy atom. The summed E-state index contributed by atoms with van der Waals surface area (Å²) in [4.78, 5) is 12.2. The van der Waals surface area contributed by atoms with Gasteiger partial charge in [0.1, 0.15) is 0 Å². The number of allylic oxidation sites excluding steroid dienone is 1. The van der Waals surface area contributed by atoms with Crippen molar-refractivity contribution < 1.29 is 14.3 Å². The quantitative estimate of drug-likeness (QED) is 0.753. The molecule has 24 heavy (non-hydrogen) atoms. The van der Waals surface area contributed by atoms with E-state index in [0.29, 0.717) is 23.6 Å². The fraction of sp³-hybridized carbons (Fsp3) is 0.526. The number of carbonyl (C=O) groups excluding carboxylic acids is 1. The summed E-state index contributed by atoms with van der Waals surface area (Å²) in [5.74, 6) is 1.16. The van der Waals surface area contributed by atoms with Gasteiger partial charge in [0.15, 0.2) is 18.1 Å². The summed E-state index contributed by atoms with van der Waals surface area (Å²) >= 11 is 0. The molecular weight excluding hydrogens is 304 g/mol. The lowest BCUT2D eigenvalue weighted by atomic mass is 10.00. The number of carbonyl (C=O) groups is 1. The average Bonchev–Trinajstić information content (AvgIpc) is 2.92. The molecule has 5 nitrogen and oxygen atoms in total. The molecule has 1 aromatic carbocycles. The van der Waals surface area contributed by atoms with Crippen molar-refractivity contribution in [2.45, 2.75) is 50.2 Å². The standard InChI is InChI=1S/C19H26N2O3/c1-3-4-13-5-8-17(18(9-13)23-2)24-12-19(22)21-16-10-14-6-7-15(11-16)20-14/h3,5,8-9,14-16,20H,1,4,6-7,10-12H2,2H3,(H,21,22). The van der Waals surface area contributed by atoms with Crippen molar-refractivity contribution in [1.29, 1.82) is 0 Å². The lowest BCUT2D eigenvalue weighted by Crippen LogP contribution is -2.48. The highest BCUT2D eigenvalue weighted by atomic mass is 16.5. The van der Waals surface area contributed by atoms with Gasteiger partial charge in [0.05, 0.1) is 7.11 Å². The van der Waals surface area contributed by atoms with E-state index in [1.54, 1.807) is 7.11 Å². The van der Waals surface area contributed by atoms with Crippen LogP contribution in [-0.2, 0) is 11.2 Å². The fourth-order valence-corrected chi connectivity index (χ4v) is 3.71. The molecule has 2 heterocycles. The first-order valence-electron chi connectivity index (χ1n) is 8.64. The van der Waals surface area contributed by atoms with Crippen molar-refractivity contribution in [3.05, 3.63) is 36.4 Å². The largest absolute Gasteiger partial charge is 0.493 e. The number of amides is 1. The van der Waals surface area contributed by atoms with Gasteiger partial charge in [0, 0.05) is 18.1 Å². The van der Waals surface area contributed by atoms with E-state index in [1.807, 2.05) is 24.3 Å². The second kappa shape index (κ2) is 7.71.